The first kappa shape index (κ1) is 18.0. The Morgan fingerprint density at radius 2 is 1.50 bits per heavy atom. The SMILES string of the molecule is CC(C)(C)C(=O)Nc1cc(-c2ccc(F)cc2)cc(C(C)(F)F)c1. The van der Waals surface area contributed by atoms with Gasteiger partial charge >= 0.3 is 0 Å². The van der Waals surface area contributed by atoms with Crippen LogP contribution in [0.4, 0.5) is 18.9 Å². The highest BCUT2D eigenvalue weighted by Crippen LogP contribution is 2.34. The van der Waals surface area contributed by atoms with Crippen LogP contribution in [0.5, 0.6) is 0 Å². The highest BCUT2D eigenvalue weighted by molar-refractivity contribution is 5.95. The zero-order chi connectivity index (χ0) is 18.1. The smallest absolute Gasteiger partial charge is 0.270 e. The molecule has 24 heavy (non-hydrogen) atoms. The molecule has 0 spiro atoms. The van der Waals surface area contributed by atoms with Gasteiger partial charge in [-0.3, -0.25) is 4.79 Å². The Labute approximate surface area is 139 Å². The first-order chi connectivity index (χ1) is 11.0. The fourth-order valence-electron chi connectivity index (χ4n) is 2.08. The summed E-state index contributed by atoms with van der Waals surface area (Å²) in [5.41, 5.74) is 0.495. The third-order valence-corrected chi connectivity index (χ3v) is 3.56. The third kappa shape index (κ3) is 4.37. The van der Waals surface area contributed by atoms with Gasteiger partial charge in [0.15, 0.2) is 0 Å². The van der Waals surface area contributed by atoms with E-state index in [4.69, 9.17) is 0 Å². The maximum Gasteiger partial charge on any atom is 0.270 e. The molecule has 1 amide bonds. The van der Waals surface area contributed by atoms with Crippen LogP contribution in [0, 0.1) is 11.2 Å². The zero-order valence-corrected chi connectivity index (χ0v) is 14.1. The number of amides is 1. The van der Waals surface area contributed by atoms with Crippen molar-refractivity contribution in [2.75, 3.05) is 5.32 Å². The van der Waals surface area contributed by atoms with Gasteiger partial charge in [0.1, 0.15) is 5.82 Å². The van der Waals surface area contributed by atoms with Crippen molar-refractivity contribution >= 4 is 11.6 Å². The Kier molecular flexibility index (Phi) is 4.74. The van der Waals surface area contributed by atoms with Crippen molar-refractivity contribution in [2.45, 2.75) is 33.6 Å². The minimum Gasteiger partial charge on any atom is -0.326 e. The number of benzene rings is 2. The molecule has 2 aromatic carbocycles. The van der Waals surface area contributed by atoms with E-state index in [0.29, 0.717) is 11.1 Å². The van der Waals surface area contributed by atoms with Gasteiger partial charge in [0.2, 0.25) is 5.91 Å². The van der Waals surface area contributed by atoms with E-state index in [-0.39, 0.29) is 17.2 Å². The molecular formula is C19H20F3NO. The summed E-state index contributed by atoms with van der Waals surface area (Å²) in [5.74, 6) is -3.74. The lowest BCUT2D eigenvalue weighted by molar-refractivity contribution is -0.123. The van der Waals surface area contributed by atoms with E-state index in [1.807, 2.05) is 0 Å². The van der Waals surface area contributed by atoms with Gasteiger partial charge in [-0.05, 0) is 41.5 Å². The molecule has 0 aliphatic carbocycles. The third-order valence-electron chi connectivity index (χ3n) is 3.56. The summed E-state index contributed by atoms with van der Waals surface area (Å²) >= 11 is 0. The molecule has 0 atom stereocenters. The highest BCUT2D eigenvalue weighted by Gasteiger charge is 2.27. The summed E-state index contributed by atoms with van der Waals surface area (Å²) in [6.07, 6.45) is 0. The number of halogens is 3. The number of anilines is 1. The van der Waals surface area contributed by atoms with Crippen molar-refractivity contribution in [3.05, 3.63) is 53.8 Å². The van der Waals surface area contributed by atoms with Gasteiger partial charge in [-0.1, -0.05) is 32.9 Å². The number of rotatable bonds is 3. The van der Waals surface area contributed by atoms with Crippen molar-refractivity contribution in [3.63, 3.8) is 0 Å². The molecular weight excluding hydrogens is 315 g/mol. The molecule has 2 rings (SSSR count). The Hall–Kier alpha value is -2.30. The Bertz CT molecular complexity index is 741. The fraction of sp³-hybridized carbons (Fsp3) is 0.316. The summed E-state index contributed by atoms with van der Waals surface area (Å²) in [4.78, 5) is 12.1. The average Bonchev–Trinajstić information content (AvgIpc) is 2.45. The molecule has 0 unspecified atom stereocenters. The van der Waals surface area contributed by atoms with Crippen molar-refractivity contribution in [3.8, 4) is 11.1 Å². The summed E-state index contributed by atoms with van der Waals surface area (Å²) < 4.78 is 40.7. The lowest BCUT2D eigenvalue weighted by atomic mass is 9.95. The lowest BCUT2D eigenvalue weighted by Crippen LogP contribution is -2.27. The standard InChI is InChI=1S/C19H20F3NO/c1-18(2,3)17(24)23-16-10-13(9-14(11-16)19(4,21)22)12-5-7-15(20)8-6-12/h5-11H,1-4H3,(H,23,24). The molecule has 0 radical (unpaired) electrons. The molecule has 2 aromatic rings. The second kappa shape index (κ2) is 6.30. The van der Waals surface area contributed by atoms with Crippen LogP contribution in [0.1, 0.15) is 33.3 Å². The van der Waals surface area contributed by atoms with E-state index in [1.165, 1.54) is 36.4 Å². The van der Waals surface area contributed by atoms with Crippen LogP contribution in [-0.2, 0) is 10.7 Å². The first-order valence-electron chi connectivity index (χ1n) is 7.57. The monoisotopic (exact) mass is 335 g/mol. The minimum absolute atomic E-state index is 0.214. The van der Waals surface area contributed by atoms with Gasteiger partial charge in [0.25, 0.3) is 5.92 Å². The topological polar surface area (TPSA) is 29.1 Å². The summed E-state index contributed by atoms with van der Waals surface area (Å²) in [6.45, 7) is 6.01. The van der Waals surface area contributed by atoms with Gasteiger partial charge in [-0.25, -0.2) is 13.2 Å². The van der Waals surface area contributed by atoms with Gasteiger partial charge in [-0.15, -0.1) is 0 Å². The number of alkyl halides is 2. The molecule has 0 bridgehead atoms. The Balaban J connectivity index is 2.50. The molecule has 5 heteroatoms. The van der Waals surface area contributed by atoms with Crippen LogP contribution in [0.2, 0.25) is 0 Å². The summed E-state index contributed by atoms with van der Waals surface area (Å²) in [7, 11) is 0. The summed E-state index contributed by atoms with van der Waals surface area (Å²) in [5, 5.41) is 2.67. The van der Waals surface area contributed by atoms with Crippen molar-refractivity contribution < 1.29 is 18.0 Å². The molecule has 0 saturated carbocycles. The average molecular weight is 335 g/mol. The fourth-order valence-corrected chi connectivity index (χ4v) is 2.08. The van der Waals surface area contributed by atoms with Gasteiger partial charge < -0.3 is 5.32 Å². The second-order valence-electron chi connectivity index (χ2n) is 6.90. The molecule has 0 fully saturated rings. The number of carbonyl (C=O) groups excluding carboxylic acids is 1. The van der Waals surface area contributed by atoms with Crippen LogP contribution < -0.4 is 5.32 Å². The molecule has 0 aliphatic heterocycles. The van der Waals surface area contributed by atoms with E-state index < -0.39 is 17.2 Å². The van der Waals surface area contributed by atoms with E-state index in [9.17, 15) is 18.0 Å². The molecule has 0 aromatic heterocycles. The number of nitrogens with one attached hydrogen (secondary N) is 1. The minimum atomic E-state index is -3.06. The Morgan fingerprint density at radius 3 is 2.00 bits per heavy atom. The molecule has 0 heterocycles. The van der Waals surface area contributed by atoms with Crippen molar-refractivity contribution in [1.82, 2.24) is 0 Å². The highest BCUT2D eigenvalue weighted by atomic mass is 19.3. The van der Waals surface area contributed by atoms with E-state index in [2.05, 4.69) is 5.32 Å². The van der Waals surface area contributed by atoms with Crippen molar-refractivity contribution in [1.29, 1.82) is 0 Å². The van der Waals surface area contributed by atoms with Crippen LogP contribution >= 0.6 is 0 Å². The molecule has 128 valence electrons. The van der Waals surface area contributed by atoms with E-state index in [1.54, 1.807) is 26.8 Å². The number of hydrogen-bond acceptors (Lipinski definition) is 1. The molecule has 0 saturated heterocycles. The van der Waals surface area contributed by atoms with E-state index >= 15 is 0 Å². The number of carbonyl (C=O) groups is 1. The van der Waals surface area contributed by atoms with Crippen LogP contribution in [0.3, 0.4) is 0 Å². The maximum absolute atomic E-state index is 13.8. The van der Waals surface area contributed by atoms with Gasteiger partial charge in [-0.2, -0.15) is 0 Å². The van der Waals surface area contributed by atoms with Gasteiger partial charge in [0.05, 0.1) is 0 Å². The molecule has 2 nitrogen and oxygen atoms in total. The van der Waals surface area contributed by atoms with E-state index in [0.717, 1.165) is 6.92 Å². The first-order valence-corrected chi connectivity index (χ1v) is 7.57. The van der Waals surface area contributed by atoms with Crippen molar-refractivity contribution in [2.24, 2.45) is 5.41 Å². The predicted molar refractivity (Wildman–Crippen MR) is 89.5 cm³/mol. The molecule has 0 aliphatic rings. The molecule has 1 N–H and O–H groups in total. The maximum atomic E-state index is 13.8. The summed E-state index contributed by atoms with van der Waals surface area (Å²) in [6, 6.07) is 9.76. The van der Waals surface area contributed by atoms with Crippen LogP contribution in [0.25, 0.3) is 11.1 Å². The zero-order valence-electron chi connectivity index (χ0n) is 14.1. The normalized spacial score (nSPS) is 12.1. The van der Waals surface area contributed by atoms with Crippen LogP contribution in [0.15, 0.2) is 42.5 Å². The lowest BCUT2D eigenvalue weighted by Gasteiger charge is -2.20. The second-order valence-corrected chi connectivity index (χ2v) is 6.90. The largest absolute Gasteiger partial charge is 0.326 e. The van der Waals surface area contributed by atoms with Crippen LogP contribution in [-0.4, -0.2) is 5.91 Å². The van der Waals surface area contributed by atoms with Gasteiger partial charge in [0, 0.05) is 23.6 Å². The predicted octanol–water partition coefficient (Wildman–Crippen LogP) is 5.59. The number of hydrogen-bond donors (Lipinski definition) is 1. The quantitative estimate of drug-likeness (QED) is 0.778. The Morgan fingerprint density at radius 1 is 0.917 bits per heavy atom.